The molecule has 1 saturated heterocycles. The number of ether oxygens (including phenoxy) is 3. The van der Waals surface area contributed by atoms with Crippen molar-refractivity contribution < 1.29 is 28.9 Å². The first kappa shape index (κ1) is 21.9. The molecule has 1 N–H and O–H groups in total. The second kappa shape index (κ2) is 9.04. The van der Waals surface area contributed by atoms with Crippen LogP contribution in [0.2, 0.25) is 0 Å². The smallest absolute Gasteiger partial charge is 0.300 e. The Bertz CT molecular complexity index is 1220. The molecule has 4 rings (SSSR count). The fourth-order valence-corrected chi connectivity index (χ4v) is 3.80. The molecule has 1 fully saturated rings. The molecule has 8 heteroatoms. The van der Waals surface area contributed by atoms with E-state index in [1.807, 2.05) is 0 Å². The topological polar surface area (TPSA) is 98.2 Å². The third-order valence-corrected chi connectivity index (χ3v) is 5.42. The summed E-state index contributed by atoms with van der Waals surface area (Å²) < 4.78 is 15.8. The van der Waals surface area contributed by atoms with E-state index in [1.165, 1.54) is 26.2 Å². The molecule has 1 unspecified atom stereocenters. The van der Waals surface area contributed by atoms with E-state index in [9.17, 15) is 14.7 Å². The third kappa shape index (κ3) is 3.87. The van der Waals surface area contributed by atoms with Crippen molar-refractivity contribution >= 4 is 23.1 Å². The number of Topliss-reactive ketones (excluding diaryl/α,β-unsaturated/α-hetero) is 1. The van der Waals surface area contributed by atoms with E-state index < -0.39 is 17.7 Å². The molecular formula is C25H22N2O6. The van der Waals surface area contributed by atoms with Crippen molar-refractivity contribution in [3.8, 4) is 17.2 Å². The molecule has 2 heterocycles. The number of methoxy groups -OCH3 is 3. The van der Waals surface area contributed by atoms with Crippen molar-refractivity contribution in [1.29, 1.82) is 0 Å². The molecule has 168 valence electrons. The number of pyridine rings is 1. The second-order valence-corrected chi connectivity index (χ2v) is 7.19. The Balaban J connectivity index is 1.90. The second-order valence-electron chi connectivity index (χ2n) is 7.19. The molecule has 33 heavy (non-hydrogen) atoms. The summed E-state index contributed by atoms with van der Waals surface area (Å²) in [6.45, 7) is 0. The van der Waals surface area contributed by atoms with Crippen molar-refractivity contribution in [3.63, 3.8) is 0 Å². The van der Waals surface area contributed by atoms with E-state index in [0.717, 1.165) is 0 Å². The normalized spacial score (nSPS) is 17.2. The van der Waals surface area contributed by atoms with Crippen LogP contribution in [0, 0.1) is 0 Å². The van der Waals surface area contributed by atoms with E-state index >= 15 is 0 Å². The van der Waals surface area contributed by atoms with E-state index in [4.69, 9.17) is 14.2 Å². The lowest BCUT2D eigenvalue weighted by Gasteiger charge is -2.24. The minimum Gasteiger partial charge on any atom is -0.507 e. The molecule has 1 aromatic heterocycles. The number of anilines is 1. The fraction of sp³-hybridized carbons (Fsp3) is 0.160. The summed E-state index contributed by atoms with van der Waals surface area (Å²) >= 11 is 0. The van der Waals surface area contributed by atoms with Gasteiger partial charge in [-0.25, -0.2) is 0 Å². The first-order valence-electron chi connectivity index (χ1n) is 10.1. The molecule has 1 amide bonds. The Labute approximate surface area is 190 Å². The fourth-order valence-electron chi connectivity index (χ4n) is 3.80. The molecule has 1 atom stereocenters. The average molecular weight is 446 g/mol. The van der Waals surface area contributed by atoms with Gasteiger partial charge in [0.15, 0.2) is 11.5 Å². The van der Waals surface area contributed by atoms with E-state index in [-0.39, 0.29) is 11.3 Å². The predicted molar refractivity (Wildman–Crippen MR) is 122 cm³/mol. The number of aliphatic hydroxyl groups is 1. The van der Waals surface area contributed by atoms with Gasteiger partial charge in [0, 0.05) is 17.4 Å². The highest BCUT2D eigenvalue weighted by molar-refractivity contribution is 6.51. The molecule has 2 aromatic carbocycles. The van der Waals surface area contributed by atoms with Crippen LogP contribution >= 0.6 is 0 Å². The Kier molecular flexibility index (Phi) is 5.99. The zero-order valence-electron chi connectivity index (χ0n) is 18.3. The highest BCUT2D eigenvalue weighted by Crippen LogP contribution is 2.42. The zero-order valence-corrected chi connectivity index (χ0v) is 18.3. The highest BCUT2D eigenvalue weighted by atomic mass is 16.5. The van der Waals surface area contributed by atoms with Crippen LogP contribution in [0.5, 0.6) is 17.2 Å². The Morgan fingerprint density at radius 1 is 0.909 bits per heavy atom. The summed E-state index contributed by atoms with van der Waals surface area (Å²) in [5.74, 6) is -0.461. The molecule has 0 spiro atoms. The highest BCUT2D eigenvalue weighted by Gasteiger charge is 2.47. The molecule has 8 nitrogen and oxygen atoms in total. The predicted octanol–water partition coefficient (Wildman–Crippen LogP) is 3.73. The van der Waals surface area contributed by atoms with Crippen molar-refractivity contribution in [2.24, 2.45) is 0 Å². The number of benzene rings is 2. The van der Waals surface area contributed by atoms with Gasteiger partial charge >= 0.3 is 0 Å². The monoisotopic (exact) mass is 446 g/mol. The molecular weight excluding hydrogens is 424 g/mol. The first-order valence-corrected chi connectivity index (χ1v) is 10.1. The lowest BCUT2D eigenvalue weighted by molar-refractivity contribution is -0.132. The van der Waals surface area contributed by atoms with Gasteiger partial charge in [-0.3, -0.25) is 19.5 Å². The first-order chi connectivity index (χ1) is 16.0. The molecule has 1 aliphatic heterocycles. The molecule has 0 bridgehead atoms. The van der Waals surface area contributed by atoms with Crippen LogP contribution in [0.4, 0.5) is 5.69 Å². The Morgan fingerprint density at radius 2 is 1.64 bits per heavy atom. The number of carbonyl (C=O) groups is 2. The molecule has 0 radical (unpaired) electrons. The van der Waals surface area contributed by atoms with E-state index in [2.05, 4.69) is 4.98 Å². The van der Waals surface area contributed by atoms with Crippen LogP contribution in [0.25, 0.3) is 5.76 Å². The van der Waals surface area contributed by atoms with Gasteiger partial charge < -0.3 is 19.3 Å². The molecule has 1 aliphatic rings. The standard InChI is InChI=1S/C25H22N2O6/c1-31-17-10-8-16(9-11-17)27-22(18-6-4-5-13-26-18)21(24(29)25(27)30)23(28)15-7-12-19(32-2)20(14-15)33-3/h4-14,22,28H,1-3H3/b23-21-. The van der Waals surface area contributed by atoms with Crippen LogP contribution in [-0.4, -0.2) is 43.1 Å². The van der Waals surface area contributed by atoms with Crippen LogP contribution in [0.1, 0.15) is 17.3 Å². The van der Waals surface area contributed by atoms with Crippen LogP contribution in [0.15, 0.2) is 72.4 Å². The van der Waals surface area contributed by atoms with Crippen LogP contribution < -0.4 is 19.1 Å². The van der Waals surface area contributed by atoms with Crippen LogP contribution in [0.3, 0.4) is 0 Å². The van der Waals surface area contributed by atoms with Crippen molar-refractivity contribution in [1.82, 2.24) is 4.98 Å². The van der Waals surface area contributed by atoms with Gasteiger partial charge in [0.05, 0.1) is 32.6 Å². The SMILES string of the molecule is COc1ccc(N2C(=O)C(=O)/C(=C(\O)c3ccc(OC)c(OC)c3)C2c2ccccn2)cc1. The number of hydrogen-bond donors (Lipinski definition) is 1. The number of amides is 1. The van der Waals surface area contributed by atoms with Gasteiger partial charge in [0.2, 0.25) is 0 Å². The van der Waals surface area contributed by atoms with Crippen molar-refractivity contribution in [2.45, 2.75) is 6.04 Å². The number of aromatic nitrogens is 1. The van der Waals surface area contributed by atoms with Gasteiger partial charge in [0.1, 0.15) is 17.6 Å². The Morgan fingerprint density at radius 3 is 2.24 bits per heavy atom. The summed E-state index contributed by atoms with van der Waals surface area (Å²) in [4.78, 5) is 32.0. The van der Waals surface area contributed by atoms with Gasteiger partial charge in [0.25, 0.3) is 11.7 Å². The van der Waals surface area contributed by atoms with Gasteiger partial charge in [-0.2, -0.15) is 0 Å². The maximum absolute atomic E-state index is 13.2. The quantitative estimate of drug-likeness (QED) is 0.350. The number of hydrogen-bond acceptors (Lipinski definition) is 7. The van der Waals surface area contributed by atoms with Crippen molar-refractivity contribution in [3.05, 3.63) is 83.7 Å². The summed E-state index contributed by atoms with van der Waals surface area (Å²) in [6.07, 6.45) is 1.57. The third-order valence-electron chi connectivity index (χ3n) is 5.42. The number of rotatable bonds is 6. The summed E-state index contributed by atoms with van der Waals surface area (Å²) in [7, 11) is 4.51. The van der Waals surface area contributed by atoms with E-state index in [0.29, 0.717) is 34.2 Å². The number of carbonyl (C=O) groups excluding carboxylic acids is 2. The lowest BCUT2D eigenvalue weighted by Crippen LogP contribution is -2.29. The van der Waals surface area contributed by atoms with Gasteiger partial charge in [-0.1, -0.05) is 6.07 Å². The minimum atomic E-state index is -0.923. The number of aliphatic hydroxyl groups excluding tert-OH is 1. The van der Waals surface area contributed by atoms with Crippen LogP contribution in [-0.2, 0) is 9.59 Å². The summed E-state index contributed by atoms with van der Waals surface area (Å²) in [5.41, 5.74) is 1.15. The number of nitrogens with zero attached hydrogens (tertiary/aromatic N) is 2. The minimum absolute atomic E-state index is 0.0678. The lowest BCUT2D eigenvalue weighted by atomic mass is 9.98. The summed E-state index contributed by atoms with van der Waals surface area (Å²) in [6, 6.07) is 15.8. The largest absolute Gasteiger partial charge is 0.507 e. The molecule has 0 saturated carbocycles. The Hall–Kier alpha value is -4.33. The number of ketones is 1. The maximum Gasteiger partial charge on any atom is 0.300 e. The average Bonchev–Trinajstić information content (AvgIpc) is 3.14. The van der Waals surface area contributed by atoms with Gasteiger partial charge in [-0.05, 0) is 54.6 Å². The summed E-state index contributed by atoms with van der Waals surface area (Å²) in [5, 5.41) is 11.2. The zero-order chi connectivity index (χ0) is 23.5. The van der Waals surface area contributed by atoms with E-state index in [1.54, 1.807) is 66.9 Å². The molecule has 0 aliphatic carbocycles. The maximum atomic E-state index is 13.2. The van der Waals surface area contributed by atoms with Gasteiger partial charge in [-0.15, -0.1) is 0 Å². The molecule has 3 aromatic rings. The van der Waals surface area contributed by atoms with Crippen molar-refractivity contribution in [2.75, 3.05) is 26.2 Å².